The van der Waals surface area contributed by atoms with Gasteiger partial charge in [0.2, 0.25) is 5.75 Å². The average molecular weight is 525 g/mol. The minimum atomic E-state index is -0.225. The van der Waals surface area contributed by atoms with E-state index in [1.54, 1.807) is 57.9 Å². The Labute approximate surface area is 221 Å². The highest BCUT2D eigenvalue weighted by molar-refractivity contribution is 6.32. The number of nitrogen functional groups attached to an aromatic ring is 1. The van der Waals surface area contributed by atoms with Gasteiger partial charge in [0.15, 0.2) is 17.3 Å². The van der Waals surface area contributed by atoms with E-state index in [9.17, 15) is 4.79 Å². The molecule has 3 rings (SSSR count). The second-order valence-corrected chi connectivity index (χ2v) is 8.07. The van der Waals surface area contributed by atoms with E-state index in [1.165, 1.54) is 20.3 Å². The summed E-state index contributed by atoms with van der Waals surface area (Å²) in [6.45, 7) is 0. The fourth-order valence-electron chi connectivity index (χ4n) is 3.56. The summed E-state index contributed by atoms with van der Waals surface area (Å²) >= 11 is 6.38. The normalized spacial score (nSPS) is 11.0. The molecule has 0 heterocycles. The quantitative estimate of drug-likeness (QED) is 0.137. The number of ketones is 1. The summed E-state index contributed by atoms with van der Waals surface area (Å²) in [6, 6.07) is 12.0. The highest BCUT2D eigenvalue weighted by Crippen LogP contribution is 2.39. The molecule has 0 fully saturated rings. The molecule has 9 heteroatoms. The van der Waals surface area contributed by atoms with E-state index in [0.717, 1.165) is 11.1 Å². The summed E-state index contributed by atoms with van der Waals surface area (Å²) < 4.78 is 26.8. The number of carbonyl (C=O) groups excluding carboxylic acids is 1. The summed E-state index contributed by atoms with van der Waals surface area (Å²) in [6.07, 6.45) is 6.70. The number of anilines is 2. The average Bonchev–Trinajstić information content (AvgIpc) is 2.91. The van der Waals surface area contributed by atoms with Crippen LogP contribution >= 0.6 is 11.6 Å². The van der Waals surface area contributed by atoms with Crippen LogP contribution in [0.2, 0.25) is 5.02 Å². The van der Waals surface area contributed by atoms with Gasteiger partial charge in [-0.25, -0.2) is 0 Å². The van der Waals surface area contributed by atoms with Gasteiger partial charge in [-0.15, -0.1) is 0 Å². The fourth-order valence-corrected chi connectivity index (χ4v) is 3.81. The molecule has 0 bridgehead atoms. The third kappa shape index (κ3) is 6.48. The lowest BCUT2D eigenvalue weighted by atomic mass is 10.1. The Hall–Kier alpha value is -4.30. The topological polar surface area (TPSA) is 101 Å². The molecule has 0 unspecified atom stereocenters. The number of hydrogen-bond donors (Lipinski definition) is 2. The van der Waals surface area contributed by atoms with Crippen LogP contribution < -0.4 is 34.7 Å². The van der Waals surface area contributed by atoms with Gasteiger partial charge in [-0.05, 0) is 47.5 Å². The number of carbonyl (C=O) groups is 1. The monoisotopic (exact) mass is 524 g/mol. The van der Waals surface area contributed by atoms with E-state index >= 15 is 0 Å². The predicted octanol–water partition coefficient (Wildman–Crippen LogP) is 5.94. The summed E-state index contributed by atoms with van der Waals surface area (Å²) in [4.78, 5) is 12.6. The molecule has 3 aromatic carbocycles. The van der Waals surface area contributed by atoms with Gasteiger partial charge in [0.25, 0.3) is 0 Å². The first kappa shape index (κ1) is 27.3. The van der Waals surface area contributed by atoms with E-state index in [2.05, 4.69) is 5.32 Å². The van der Waals surface area contributed by atoms with Crippen LogP contribution in [0, 0.1) is 0 Å². The molecule has 37 heavy (non-hydrogen) atoms. The summed E-state index contributed by atoms with van der Waals surface area (Å²) in [5.41, 5.74) is 8.98. The van der Waals surface area contributed by atoms with Crippen LogP contribution in [0.25, 0.3) is 12.2 Å². The number of allylic oxidation sites excluding steroid dienone is 1. The molecule has 0 saturated heterocycles. The summed E-state index contributed by atoms with van der Waals surface area (Å²) in [5.74, 6) is 2.34. The van der Waals surface area contributed by atoms with Crippen molar-refractivity contribution in [2.24, 2.45) is 0 Å². The van der Waals surface area contributed by atoms with Crippen molar-refractivity contribution in [2.75, 3.05) is 46.6 Å². The molecule has 0 atom stereocenters. The van der Waals surface area contributed by atoms with Crippen molar-refractivity contribution in [1.82, 2.24) is 0 Å². The Balaban J connectivity index is 1.89. The number of hydrogen-bond acceptors (Lipinski definition) is 8. The van der Waals surface area contributed by atoms with Crippen molar-refractivity contribution in [2.45, 2.75) is 0 Å². The zero-order valence-electron chi connectivity index (χ0n) is 21.3. The van der Waals surface area contributed by atoms with Crippen LogP contribution in [0.3, 0.4) is 0 Å². The molecule has 0 aliphatic heterocycles. The van der Waals surface area contributed by atoms with Gasteiger partial charge < -0.3 is 34.7 Å². The Morgan fingerprint density at radius 1 is 0.811 bits per heavy atom. The molecule has 0 saturated carbocycles. The van der Waals surface area contributed by atoms with Crippen LogP contribution in [0.4, 0.5) is 11.4 Å². The molecule has 0 radical (unpaired) electrons. The Kier molecular flexibility index (Phi) is 9.29. The van der Waals surface area contributed by atoms with Crippen LogP contribution in [0.15, 0.2) is 54.7 Å². The molecule has 0 spiro atoms. The van der Waals surface area contributed by atoms with E-state index < -0.39 is 0 Å². The van der Waals surface area contributed by atoms with Gasteiger partial charge >= 0.3 is 0 Å². The van der Waals surface area contributed by atoms with Crippen molar-refractivity contribution >= 4 is 40.9 Å². The van der Waals surface area contributed by atoms with Crippen molar-refractivity contribution in [1.29, 1.82) is 0 Å². The Bertz CT molecular complexity index is 1310. The molecule has 194 valence electrons. The lowest BCUT2D eigenvalue weighted by Crippen LogP contribution is -2.00. The SMILES string of the molecule is COc1ccc(C(=O)/C=C\Nc2cc(OC)c(Cl)cc2/C=C\c2cc(OC)c(OC)c(OC)c2)cc1N. The van der Waals surface area contributed by atoms with Crippen LogP contribution in [-0.2, 0) is 0 Å². The fraction of sp³-hybridized carbons (Fsp3) is 0.179. The first-order valence-corrected chi connectivity index (χ1v) is 11.5. The maximum absolute atomic E-state index is 12.6. The van der Waals surface area contributed by atoms with Crippen LogP contribution in [-0.4, -0.2) is 41.3 Å². The van der Waals surface area contributed by atoms with Crippen molar-refractivity contribution < 1.29 is 28.5 Å². The largest absolute Gasteiger partial charge is 0.495 e. The number of halogens is 1. The number of rotatable bonds is 11. The highest BCUT2D eigenvalue weighted by atomic mass is 35.5. The summed E-state index contributed by atoms with van der Waals surface area (Å²) in [7, 11) is 7.72. The third-order valence-corrected chi connectivity index (χ3v) is 5.75. The van der Waals surface area contributed by atoms with E-state index in [-0.39, 0.29) is 5.78 Å². The first-order chi connectivity index (χ1) is 17.8. The predicted molar refractivity (Wildman–Crippen MR) is 148 cm³/mol. The maximum atomic E-state index is 12.6. The van der Waals surface area contributed by atoms with Crippen LogP contribution in [0.1, 0.15) is 21.5 Å². The van der Waals surface area contributed by atoms with Gasteiger partial charge in [-0.1, -0.05) is 23.8 Å². The number of ether oxygens (including phenoxy) is 5. The van der Waals surface area contributed by atoms with Gasteiger partial charge in [-0.3, -0.25) is 4.79 Å². The minimum absolute atomic E-state index is 0.225. The summed E-state index contributed by atoms with van der Waals surface area (Å²) in [5, 5.41) is 3.57. The second-order valence-electron chi connectivity index (χ2n) is 7.66. The number of nitrogens with two attached hydrogens (primary N) is 1. The molecule has 0 aliphatic carbocycles. The first-order valence-electron chi connectivity index (χ1n) is 11.1. The number of methoxy groups -OCH3 is 5. The van der Waals surface area contributed by atoms with Gasteiger partial charge in [0, 0.05) is 29.6 Å². The van der Waals surface area contributed by atoms with Crippen molar-refractivity contribution in [3.8, 4) is 28.7 Å². The molecule has 0 aromatic heterocycles. The molecule has 3 N–H and O–H groups in total. The smallest absolute Gasteiger partial charge is 0.203 e. The number of benzene rings is 3. The molecule has 0 aliphatic rings. The molecule has 8 nitrogen and oxygen atoms in total. The van der Waals surface area contributed by atoms with E-state index in [1.807, 2.05) is 24.3 Å². The molecular formula is C28H29ClN2O6. The minimum Gasteiger partial charge on any atom is -0.495 e. The lowest BCUT2D eigenvalue weighted by Gasteiger charge is -2.13. The van der Waals surface area contributed by atoms with Gasteiger partial charge in [0.1, 0.15) is 11.5 Å². The zero-order chi connectivity index (χ0) is 26.9. The number of nitrogens with one attached hydrogen (secondary N) is 1. The maximum Gasteiger partial charge on any atom is 0.203 e. The molecular weight excluding hydrogens is 496 g/mol. The van der Waals surface area contributed by atoms with Crippen molar-refractivity contribution in [3.05, 3.63) is 76.5 Å². The zero-order valence-corrected chi connectivity index (χ0v) is 22.0. The van der Waals surface area contributed by atoms with Gasteiger partial charge in [0.05, 0.1) is 46.3 Å². The highest BCUT2D eigenvalue weighted by Gasteiger charge is 2.13. The Morgan fingerprint density at radius 2 is 1.46 bits per heavy atom. The van der Waals surface area contributed by atoms with Crippen molar-refractivity contribution in [3.63, 3.8) is 0 Å². The second kappa shape index (κ2) is 12.6. The molecule has 3 aromatic rings. The lowest BCUT2D eigenvalue weighted by molar-refractivity contribution is 0.104. The molecule has 0 amide bonds. The van der Waals surface area contributed by atoms with Gasteiger partial charge in [-0.2, -0.15) is 0 Å². The Morgan fingerprint density at radius 3 is 2.03 bits per heavy atom. The van der Waals surface area contributed by atoms with Crippen LogP contribution in [0.5, 0.6) is 28.7 Å². The van der Waals surface area contributed by atoms with E-state index in [4.69, 9.17) is 41.0 Å². The third-order valence-electron chi connectivity index (χ3n) is 5.45. The standard InChI is InChI=1S/C28H29ClN2O6/c1-33-24-9-8-19(15-21(24)30)23(32)10-11-31-22-16-25(34-2)20(29)14-18(22)7-6-17-12-26(35-3)28(37-5)27(13-17)36-4/h6-16,31H,30H2,1-5H3/b7-6-,11-10-. The van der Waals surface area contributed by atoms with E-state index in [0.29, 0.717) is 50.7 Å².